The van der Waals surface area contributed by atoms with Gasteiger partial charge in [-0.15, -0.1) is 11.3 Å². The van der Waals surface area contributed by atoms with Crippen LogP contribution in [0.4, 0.5) is 4.79 Å². The zero-order chi connectivity index (χ0) is 16.9. The number of ether oxygens (including phenoxy) is 1. The number of carbonyl (C=O) groups excluding carboxylic acids is 1. The lowest BCUT2D eigenvalue weighted by Gasteiger charge is -2.32. The van der Waals surface area contributed by atoms with Crippen molar-refractivity contribution in [1.29, 1.82) is 0 Å². The molecule has 1 fully saturated rings. The topological polar surface area (TPSA) is 83.1 Å². The molecule has 0 radical (unpaired) electrons. The quantitative estimate of drug-likeness (QED) is 0.869. The molecular weight excluding hydrogens is 326 g/mol. The molecule has 1 aliphatic heterocycles. The normalized spacial score (nSPS) is 19.2. The summed E-state index contributed by atoms with van der Waals surface area (Å²) in [5, 5.41) is 12.9. The second-order valence-corrected chi connectivity index (χ2v) is 6.90. The van der Waals surface area contributed by atoms with Gasteiger partial charge in [0.25, 0.3) is 0 Å². The molecule has 130 valence electrons. The van der Waals surface area contributed by atoms with Crippen LogP contribution < -0.4 is 5.32 Å². The number of piperidine rings is 1. The number of aromatic nitrogens is 3. The van der Waals surface area contributed by atoms with Crippen molar-refractivity contribution >= 4 is 17.4 Å². The first-order valence-corrected chi connectivity index (χ1v) is 9.04. The Bertz CT molecular complexity index is 657. The highest BCUT2D eigenvalue weighted by Gasteiger charge is 2.25. The molecule has 2 N–H and O–H groups in total. The maximum Gasteiger partial charge on any atom is 0.317 e. The van der Waals surface area contributed by atoms with Crippen molar-refractivity contribution in [1.82, 2.24) is 25.4 Å². The molecule has 8 heteroatoms. The summed E-state index contributed by atoms with van der Waals surface area (Å²) in [6, 6.07) is 1.95. The molecule has 1 aliphatic rings. The van der Waals surface area contributed by atoms with Gasteiger partial charge in [-0.25, -0.2) is 9.78 Å². The number of aromatic amines is 1. The van der Waals surface area contributed by atoms with Crippen LogP contribution in [-0.4, -0.2) is 46.3 Å². The van der Waals surface area contributed by atoms with Gasteiger partial charge in [-0.2, -0.15) is 5.10 Å². The maximum absolute atomic E-state index is 12.4. The van der Waals surface area contributed by atoms with Crippen molar-refractivity contribution in [2.24, 2.45) is 0 Å². The standard InChI is InChI=1S/C16H23N5O2S/c1-11(23-2)15-19-13(10-24-15)8-17-16(22)21-7-3-4-12(9-21)14-5-6-18-20-14/h5-6,10-12H,3-4,7-9H2,1-2H3,(H,17,22)(H,18,20)/t11-,12+/m1/s1. The number of nitrogens with zero attached hydrogens (tertiary/aromatic N) is 3. The van der Waals surface area contributed by atoms with Crippen molar-refractivity contribution in [3.8, 4) is 0 Å². The smallest absolute Gasteiger partial charge is 0.317 e. The Morgan fingerprint density at radius 2 is 2.50 bits per heavy atom. The lowest BCUT2D eigenvalue weighted by atomic mass is 9.95. The van der Waals surface area contributed by atoms with Crippen LogP contribution in [0.1, 0.15) is 48.2 Å². The van der Waals surface area contributed by atoms with E-state index in [1.807, 2.05) is 23.3 Å². The molecule has 0 aliphatic carbocycles. The predicted molar refractivity (Wildman–Crippen MR) is 91.9 cm³/mol. The first kappa shape index (κ1) is 16.9. The molecule has 24 heavy (non-hydrogen) atoms. The van der Waals surface area contributed by atoms with Gasteiger partial charge in [0, 0.05) is 43.4 Å². The summed E-state index contributed by atoms with van der Waals surface area (Å²) in [6.45, 7) is 3.91. The third-order valence-corrected chi connectivity index (χ3v) is 5.42. The zero-order valence-corrected chi connectivity index (χ0v) is 14.8. The number of amides is 2. The molecule has 7 nitrogen and oxygen atoms in total. The molecule has 3 rings (SSSR count). The third kappa shape index (κ3) is 3.93. The highest BCUT2D eigenvalue weighted by Crippen LogP contribution is 2.25. The van der Waals surface area contributed by atoms with Crippen LogP contribution >= 0.6 is 11.3 Å². The van der Waals surface area contributed by atoms with Gasteiger partial charge in [0.1, 0.15) is 11.1 Å². The third-order valence-electron chi connectivity index (χ3n) is 4.36. The van der Waals surface area contributed by atoms with Crippen LogP contribution in [0.5, 0.6) is 0 Å². The summed E-state index contributed by atoms with van der Waals surface area (Å²) in [5.41, 5.74) is 1.97. The Labute approximate surface area is 145 Å². The number of hydrogen-bond acceptors (Lipinski definition) is 5. The molecule has 2 aromatic rings. The number of thiazole rings is 1. The molecular formula is C16H23N5O2S. The number of carbonyl (C=O) groups is 1. The Morgan fingerprint density at radius 1 is 1.62 bits per heavy atom. The highest BCUT2D eigenvalue weighted by atomic mass is 32.1. The fourth-order valence-corrected chi connectivity index (χ4v) is 3.73. The number of methoxy groups -OCH3 is 1. The molecule has 2 atom stereocenters. The molecule has 0 spiro atoms. The molecule has 0 saturated carbocycles. The second kappa shape index (κ2) is 7.76. The lowest BCUT2D eigenvalue weighted by molar-refractivity contribution is 0.119. The van der Waals surface area contributed by atoms with E-state index in [9.17, 15) is 4.79 Å². The summed E-state index contributed by atoms with van der Waals surface area (Å²) >= 11 is 1.56. The van der Waals surface area contributed by atoms with Crippen LogP contribution in [0, 0.1) is 0 Å². The van der Waals surface area contributed by atoms with E-state index in [0.717, 1.165) is 42.3 Å². The van der Waals surface area contributed by atoms with E-state index < -0.39 is 0 Å². The number of urea groups is 1. The van der Waals surface area contributed by atoms with E-state index in [-0.39, 0.29) is 12.1 Å². The van der Waals surface area contributed by atoms with Crippen LogP contribution in [0.2, 0.25) is 0 Å². The number of hydrogen-bond donors (Lipinski definition) is 2. The van der Waals surface area contributed by atoms with Gasteiger partial charge in [-0.1, -0.05) is 0 Å². The Balaban J connectivity index is 1.52. The van der Waals surface area contributed by atoms with Crippen LogP contribution in [0.3, 0.4) is 0 Å². The maximum atomic E-state index is 12.4. The molecule has 0 aromatic carbocycles. The molecule has 3 heterocycles. The average molecular weight is 349 g/mol. The van der Waals surface area contributed by atoms with Crippen molar-refractivity contribution in [3.63, 3.8) is 0 Å². The van der Waals surface area contributed by atoms with Crippen molar-refractivity contribution in [3.05, 3.63) is 34.0 Å². The van der Waals surface area contributed by atoms with Crippen molar-refractivity contribution in [2.75, 3.05) is 20.2 Å². The fraction of sp³-hybridized carbons (Fsp3) is 0.562. The van der Waals surface area contributed by atoms with Gasteiger partial charge in [0.15, 0.2) is 0 Å². The van der Waals surface area contributed by atoms with Crippen molar-refractivity contribution < 1.29 is 9.53 Å². The van der Waals surface area contributed by atoms with E-state index >= 15 is 0 Å². The van der Waals surface area contributed by atoms with E-state index in [2.05, 4.69) is 20.5 Å². The lowest BCUT2D eigenvalue weighted by Crippen LogP contribution is -2.44. The minimum absolute atomic E-state index is 0.0169. The van der Waals surface area contributed by atoms with Gasteiger partial charge >= 0.3 is 6.03 Å². The number of H-pyrrole nitrogens is 1. The van der Waals surface area contributed by atoms with Gasteiger partial charge in [0.05, 0.1) is 12.2 Å². The number of rotatable bonds is 5. The van der Waals surface area contributed by atoms with Gasteiger partial charge in [0.2, 0.25) is 0 Å². The van der Waals surface area contributed by atoms with Gasteiger partial charge < -0.3 is 15.0 Å². The molecule has 2 amide bonds. The monoisotopic (exact) mass is 349 g/mol. The van der Waals surface area contributed by atoms with Crippen LogP contribution in [-0.2, 0) is 11.3 Å². The highest BCUT2D eigenvalue weighted by molar-refractivity contribution is 7.09. The number of nitrogens with one attached hydrogen (secondary N) is 2. The predicted octanol–water partition coefficient (Wildman–Crippen LogP) is 2.66. The Kier molecular flexibility index (Phi) is 5.47. The first-order valence-electron chi connectivity index (χ1n) is 8.16. The summed E-state index contributed by atoms with van der Waals surface area (Å²) in [5.74, 6) is 0.334. The van der Waals surface area contributed by atoms with Crippen LogP contribution in [0.25, 0.3) is 0 Å². The Morgan fingerprint density at radius 3 is 3.25 bits per heavy atom. The Hall–Kier alpha value is -1.93. The number of likely N-dealkylation sites (tertiary alicyclic amines) is 1. The van der Waals surface area contributed by atoms with E-state index in [1.54, 1.807) is 24.6 Å². The SMILES string of the molecule is CO[C@H](C)c1nc(CNC(=O)N2CCC[C@H](c3ccn[nH]3)C2)cs1. The zero-order valence-electron chi connectivity index (χ0n) is 14.0. The van der Waals surface area contributed by atoms with Gasteiger partial charge in [-0.3, -0.25) is 5.10 Å². The molecule has 1 saturated heterocycles. The molecule has 0 bridgehead atoms. The fourth-order valence-electron chi connectivity index (χ4n) is 2.88. The average Bonchev–Trinajstić information content (AvgIpc) is 3.30. The van der Waals surface area contributed by atoms with Crippen LogP contribution in [0.15, 0.2) is 17.6 Å². The summed E-state index contributed by atoms with van der Waals surface area (Å²) in [6.07, 6.45) is 3.83. The second-order valence-electron chi connectivity index (χ2n) is 6.01. The largest absolute Gasteiger partial charge is 0.375 e. The minimum atomic E-state index is -0.0337. The van der Waals surface area contributed by atoms with E-state index in [0.29, 0.717) is 12.5 Å². The van der Waals surface area contributed by atoms with Crippen molar-refractivity contribution in [2.45, 2.75) is 38.3 Å². The van der Waals surface area contributed by atoms with E-state index in [1.165, 1.54) is 0 Å². The van der Waals surface area contributed by atoms with E-state index in [4.69, 9.17) is 4.74 Å². The first-order chi connectivity index (χ1) is 11.7. The molecule has 0 unspecified atom stereocenters. The molecule has 2 aromatic heterocycles. The summed E-state index contributed by atoms with van der Waals surface area (Å²) < 4.78 is 5.26. The minimum Gasteiger partial charge on any atom is -0.375 e. The van der Waals surface area contributed by atoms with Gasteiger partial charge in [-0.05, 0) is 25.8 Å². The summed E-state index contributed by atoms with van der Waals surface area (Å²) in [4.78, 5) is 18.8. The summed E-state index contributed by atoms with van der Waals surface area (Å²) in [7, 11) is 1.67.